The fourth-order valence-corrected chi connectivity index (χ4v) is 2.97. The van der Waals surface area contributed by atoms with Crippen LogP contribution in [0.15, 0.2) is 24.3 Å². The van der Waals surface area contributed by atoms with Gasteiger partial charge in [-0.25, -0.2) is 0 Å². The molecule has 1 fully saturated rings. The summed E-state index contributed by atoms with van der Waals surface area (Å²) in [5.74, 6) is -0.129. The van der Waals surface area contributed by atoms with Crippen molar-refractivity contribution >= 4 is 17.7 Å². The fourth-order valence-electron chi connectivity index (χ4n) is 1.73. The second-order valence-corrected chi connectivity index (χ2v) is 5.00. The Hall–Kier alpha value is -1.00. The molecule has 1 aromatic rings. The van der Waals surface area contributed by atoms with E-state index < -0.39 is 12.0 Å². The van der Waals surface area contributed by atoms with Gasteiger partial charge in [-0.05, 0) is 17.5 Å². The zero-order valence-corrected chi connectivity index (χ0v) is 9.96. The maximum atomic E-state index is 10.8. The molecule has 2 rings (SSSR count). The van der Waals surface area contributed by atoms with Gasteiger partial charge in [0.1, 0.15) is 6.04 Å². The topological polar surface area (TPSA) is 49.3 Å². The smallest absolute Gasteiger partial charge is 0.321 e. The average molecular weight is 237 g/mol. The molecule has 16 heavy (non-hydrogen) atoms. The summed E-state index contributed by atoms with van der Waals surface area (Å²) in [7, 11) is 0. The van der Waals surface area contributed by atoms with Gasteiger partial charge in [0.15, 0.2) is 0 Å². The highest BCUT2D eigenvalue weighted by Crippen LogP contribution is 2.32. The summed E-state index contributed by atoms with van der Waals surface area (Å²) in [5, 5.41) is 12.1. The monoisotopic (exact) mass is 237 g/mol. The van der Waals surface area contributed by atoms with E-state index in [1.54, 1.807) is 11.8 Å². The van der Waals surface area contributed by atoms with Gasteiger partial charge in [0.25, 0.3) is 0 Å². The van der Waals surface area contributed by atoms with E-state index in [1.807, 2.05) is 0 Å². The molecule has 0 radical (unpaired) electrons. The number of aliphatic carboxylic acids is 1. The van der Waals surface area contributed by atoms with E-state index in [1.165, 1.54) is 5.56 Å². The van der Waals surface area contributed by atoms with Gasteiger partial charge in [0.2, 0.25) is 0 Å². The maximum absolute atomic E-state index is 10.8. The standard InChI is InChI=1S/C12H15NO2S/c1-2-8-3-5-9(6-4-8)11-13-10(7-16-11)12(14)15/h3-6,10-11,13H,2,7H2,1H3,(H,14,15)/t10-,11?/m0/s1. The Kier molecular flexibility index (Phi) is 3.51. The first-order valence-corrected chi connectivity index (χ1v) is 6.45. The number of carbonyl (C=O) groups is 1. The normalized spacial score (nSPS) is 24.6. The zero-order valence-electron chi connectivity index (χ0n) is 9.14. The summed E-state index contributed by atoms with van der Waals surface area (Å²) in [6.45, 7) is 2.12. The Morgan fingerprint density at radius 3 is 2.69 bits per heavy atom. The molecule has 1 saturated heterocycles. The second kappa shape index (κ2) is 4.89. The predicted molar refractivity (Wildman–Crippen MR) is 65.6 cm³/mol. The lowest BCUT2D eigenvalue weighted by Gasteiger charge is -2.11. The van der Waals surface area contributed by atoms with Crippen LogP contribution in [0.25, 0.3) is 0 Å². The molecule has 0 saturated carbocycles. The van der Waals surface area contributed by atoms with Gasteiger partial charge < -0.3 is 5.11 Å². The fraction of sp³-hybridized carbons (Fsp3) is 0.417. The average Bonchev–Trinajstić information content (AvgIpc) is 2.78. The van der Waals surface area contributed by atoms with Gasteiger partial charge >= 0.3 is 5.97 Å². The molecule has 4 heteroatoms. The minimum absolute atomic E-state index is 0.118. The van der Waals surface area contributed by atoms with Crippen molar-refractivity contribution in [1.82, 2.24) is 5.32 Å². The molecule has 2 atom stereocenters. The quantitative estimate of drug-likeness (QED) is 0.844. The largest absolute Gasteiger partial charge is 0.480 e. The van der Waals surface area contributed by atoms with Crippen LogP contribution < -0.4 is 5.32 Å². The van der Waals surface area contributed by atoms with Crippen molar-refractivity contribution in [3.05, 3.63) is 35.4 Å². The van der Waals surface area contributed by atoms with Crippen molar-refractivity contribution in [1.29, 1.82) is 0 Å². The molecular weight excluding hydrogens is 222 g/mol. The molecule has 1 aliphatic heterocycles. The molecule has 2 N–H and O–H groups in total. The number of rotatable bonds is 3. The molecule has 0 amide bonds. The number of carboxylic acid groups (broad SMARTS) is 1. The number of hydrogen-bond acceptors (Lipinski definition) is 3. The lowest BCUT2D eigenvalue weighted by molar-refractivity contribution is -0.138. The predicted octanol–water partition coefficient (Wildman–Crippen LogP) is 2.04. The first-order valence-electron chi connectivity index (χ1n) is 5.40. The summed E-state index contributed by atoms with van der Waals surface area (Å²) in [4.78, 5) is 10.8. The first-order chi connectivity index (χ1) is 7.70. The van der Waals surface area contributed by atoms with Crippen LogP contribution in [0.2, 0.25) is 0 Å². The van der Waals surface area contributed by atoms with Crippen LogP contribution in [0.3, 0.4) is 0 Å². The van der Waals surface area contributed by atoms with E-state index in [0.717, 1.165) is 12.0 Å². The first kappa shape index (κ1) is 11.5. The molecule has 1 unspecified atom stereocenters. The Bertz CT molecular complexity index is 377. The van der Waals surface area contributed by atoms with Crippen molar-refractivity contribution in [3.63, 3.8) is 0 Å². The van der Waals surface area contributed by atoms with E-state index in [9.17, 15) is 4.79 Å². The molecule has 0 aromatic heterocycles. The Balaban J connectivity index is 2.05. The molecule has 0 spiro atoms. The number of hydrogen-bond donors (Lipinski definition) is 2. The van der Waals surface area contributed by atoms with Crippen molar-refractivity contribution in [2.24, 2.45) is 0 Å². The summed E-state index contributed by atoms with van der Waals surface area (Å²) in [6, 6.07) is 7.94. The van der Waals surface area contributed by atoms with Gasteiger partial charge in [-0.3, -0.25) is 10.1 Å². The number of benzene rings is 1. The molecule has 1 aromatic carbocycles. The van der Waals surface area contributed by atoms with E-state index in [2.05, 4.69) is 36.5 Å². The maximum Gasteiger partial charge on any atom is 0.321 e. The summed E-state index contributed by atoms with van der Waals surface area (Å²) in [5.41, 5.74) is 2.47. The summed E-state index contributed by atoms with van der Waals surface area (Å²) >= 11 is 1.65. The Morgan fingerprint density at radius 1 is 1.50 bits per heavy atom. The van der Waals surface area contributed by atoms with Crippen molar-refractivity contribution < 1.29 is 9.90 Å². The van der Waals surface area contributed by atoms with Gasteiger partial charge in [-0.1, -0.05) is 31.2 Å². The number of thioether (sulfide) groups is 1. The number of aryl methyl sites for hydroxylation is 1. The van der Waals surface area contributed by atoms with Crippen LogP contribution in [-0.4, -0.2) is 22.9 Å². The highest BCUT2D eigenvalue weighted by Gasteiger charge is 2.29. The SMILES string of the molecule is CCc1ccc(C2N[C@H](C(=O)O)CS2)cc1. The Labute approximate surface area is 99.2 Å². The lowest BCUT2D eigenvalue weighted by atomic mass is 10.1. The number of carboxylic acids is 1. The number of nitrogens with one attached hydrogen (secondary N) is 1. The van der Waals surface area contributed by atoms with Gasteiger partial charge in [-0.15, -0.1) is 11.8 Å². The zero-order chi connectivity index (χ0) is 11.5. The Morgan fingerprint density at radius 2 is 2.19 bits per heavy atom. The van der Waals surface area contributed by atoms with Crippen LogP contribution in [0.1, 0.15) is 23.4 Å². The molecule has 0 aliphatic carbocycles. The van der Waals surface area contributed by atoms with Crippen molar-refractivity contribution in [2.45, 2.75) is 24.8 Å². The molecule has 1 heterocycles. The van der Waals surface area contributed by atoms with E-state index in [-0.39, 0.29) is 5.37 Å². The molecular formula is C12H15NO2S. The van der Waals surface area contributed by atoms with Crippen molar-refractivity contribution in [2.75, 3.05) is 5.75 Å². The molecule has 86 valence electrons. The van der Waals surface area contributed by atoms with Crippen LogP contribution in [0, 0.1) is 0 Å². The summed E-state index contributed by atoms with van der Waals surface area (Å²) in [6.07, 6.45) is 1.03. The minimum atomic E-state index is -0.764. The molecule has 1 aliphatic rings. The third-order valence-corrected chi connectivity index (χ3v) is 4.04. The van der Waals surface area contributed by atoms with Gasteiger partial charge in [0.05, 0.1) is 5.37 Å². The van der Waals surface area contributed by atoms with E-state index in [0.29, 0.717) is 5.75 Å². The van der Waals surface area contributed by atoms with Crippen LogP contribution in [0.5, 0.6) is 0 Å². The molecule has 0 bridgehead atoms. The molecule has 3 nitrogen and oxygen atoms in total. The van der Waals surface area contributed by atoms with Crippen LogP contribution in [-0.2, 0) is 11.2 Å². The third kappa shape index (κ3) is 2.39. The van der Waals surface area contributed by atoms with Crippen LogP contribution >= 0.6 is 11.8 Å². The second-order valence-electron chi connectivity index (χ2n) is 3.87. The van der Waals surface area contributed by atoms with Crippen molar-refractivity contribution in [3.8, 4) is 0 Å². The van der Waals surface area contributed by atoms with Gasteiger partial charge in [0, 0.05) is 5.75 Å². The van der Waals surface area contributed by atoms with E-state index >= 15 is 0 Å². The highest BCUT2D eigenvalue weighted by atomic mass is 32.2. The van der Waals surface area contributed by atoms with Gasteiger partial charge in [-0.2, -0.15) is 0 Å². The lowest BCUT2D eigenvalue weighted by Crippen LogP contribution is -2.33. The minimum Gasteiger partial charge on any atom is -0.480 e. The van der Waals surface area contributed by atoms with Crippen LogP contribution in [0.4, 0.5) is 0 Å². The highest BCUT2D eigenvalue weighted by molar-refractivity contribution is 7.99. The summed E-state index contributed by atoms with van der Waals surface area (Å²) < 4.78 is 0. The third-order valence-electron chi connectivity index (χ3n) is 2.77. The van der Waals surface area contributed by atoms with E-state index in [4.69, 9.17) is 5.11 Å².